The van der Waals surface area contributed by atoms with Gasteiger partial charge in [0.25, 0.3) is 0 Å². The van der Waals surface area contributed by atoms with Crippen LogP contribution in [0.15, 0.2) is 0 Å². The molecule has 1 atom stereocenters. The van der Waals surface area contributed by atoms with Crippen LogP contribution in [0.1, 0.15) is 71.6 Å². The molecule has 0 aromatic heterocycles. The molecule has 2 N–H and O–H groups in total. The lowest BCUT2D eigenvalue weighted by Gasteiger charge is -2.38. The highest BCUT2D eigenvalue weighted by molar-refractivity contribution is 4.82. The maximum Gasteiger partial charge on any atom is 0.0246 e. The second kappa shape index (κ2) is 9.80. The summed E-state index contributed by atoms with van der Waals surface area (Å²) in [6.45, 7) is 7.95. The molecule has 2 heteroatoms. The monoisotopic (exact) mass is 254 g/mol. The van der Waals surface area contributed by atoms with Gasteiger partial charge in [-0.25, -0.2) is 0 Å². The lowest BCUT2D eigenvalue weighted by Crippen LogP contribution is -2.47. The molecular formula is C16H34N2. The van der Waals surface area contributed by atoms with Crippen LogP contribution < -0.4 is 5.73 Å². The SMILES string of the molecule is CCCCN(CCCC)C(CN)C1CCCCC1. The first-order chi connectivity index (χ1) is 8.83. The Bertz CT molecular complexity index is 180. The largest absolute Gasteiger partial charge is 0.329 e. The van der Waals surface area contributed by atoms with Crippen LogP contribution in [0.5, 0.6) is 0 Å². The van der Waals surface area contributed by atoms with Crippen molar-refractivity contribution in [2.24, 2.45) is 11.7 Å². The molecule has 1 aliphatic carbocycles. The molecule has 1 rings (SSSR count). The summed E-state index contributed by atoms with van der Waals surface area (Å²) in [5.74, 6) is 0.873. The summed E-state index contributed by atoms with van der Waals surface area (Å²) in [5.41, 5.74) is 6.11. The van der Waals surface area contributed by atoms with Gasteiger partial charge >= 0.3 is 0 Å². The van der Waals surface area contributed by atoms with Crippen LogP contribution in [0, 0.1) is 5.92 Å². The van der Waals surface area contributed by atoms with Crippen LogP contribution in [0.2, 0.25) is 0 Å². The van der Waals surface area contributed by atoms with Crippen LogP contribution >= 0.6 is 0 Å². The standard InChI is InChI=1S/C16H34N2/c1-3-5-12-18(13-6-4-2)16(14-17)15-10-8-7-9-11-15/h15-16H,3-14,17H2,1-2H3. The first kappa shape index (κ1) is 16.0. The van der Waals surface area contributed by atoms with E-state index in [-0.39, 0.29) is 0 Å². The molecule has 0 aromatic rings. The van der Waals surface area contributed by atoms with Crippen LogP contribution in [0.4, 0.5) is 0 Å². The highest BCUT2D eigenvalue weighted by Crippen LogP contribution is 2.29. The molecule has 0 aliphatic heterocycles. The fraction of sp³-hybridized carbons (Fsp3) is 1.00. The van der Waals surface area contributed by atoms with Crippen LogP contribution in [0.3, 0.4) is 0 Å². The summed E-state index contributed by atoms with van der Waals surface area (Å²) >= 11 is 0. The highest BCUT2D eigenvalue weighted by atomic mass is 15.2. The zero-order valence-corrected chi connectivity index (χ0v) is 12.7. The van der Waals surface area contributed by atoms with Gasteiger partial charge in [-0.2, -0.15) is 0 Å². The smallest absolute Gasteiger partial charge is 0.0246 e. The molecule has 0 saturated heterocycles. The van der Waals surface area contributed by atoms with Crippen LogP contribution in [-0.2, 0) is 0 Å². The van der Waals surface area contributed by atoms with Gasteiger partial charge in [0.2, 0.25) is 0 Å². The van der Waals surface area contributed by atoms with Crippen molar-refractivity contribution < 1.29 is 0 Å². The number of nitrogens with two attached hydrogens (primary N) is 1. The number of rotatable bonds is 9. The molecule has 1 aliphatic rings. The van der Waals surface area contributed by atoms with E-state index in [2.05, 4.69) is 18.7 Å². The Labute approximate surface area is 114 Å². The molecule has 1 saturated carbocycles. The van der Waals surface area contributed by atoms with E-state index < -0.39 is 0 Å². The normalized spacial score (nSPS) is 19.3. The third-order valence-electron chi connectivity index (χ3n) is 4.50. The third kappa shape index (κ3) is 5.27. The van der Waals surface area contributed by atoms with Crippen LogP contribution in [0.25, 0.3) is 0 Å². The van der Waals surface area contributed by atoms with E-state index in [1.807, 2.05) is 0 Å². The van der Waals surface area contributed by atoms with Crippen molar-refractivity contribution >= 4 is 0 Å². The predicted molar refractivity (Wildman–Crippen MR) is 80.8 cm³/mol. The molecule has 108 valence electrons. The van der Waals surface area contributed by atoms with Crippen molar-refractivity contribution in [3.63, 3.8) is 0 Å². The van der Waals surface area contributed by atoms with Crippen molar-refractivity contribution in [2.75, 3.05) is 19.6 Å². The molecule has 2 nitrogen and oxygen atoms in total. The van der Waals surface area contributed by atoms with Crippen molar-refractivity contribution in [2.45, 2.75) is 77.7 Å². The molecular weight excluding hydrogens is 220 g/mol. The quantitative estimate of drug-likeness (QED) is 0.678. The van der Waals surface area contributed by atoms with Gasteiger partial charge in [-0.1, -0.05) is 46.0 Å². The van der Waals surface area contributed by atoms with Gasteiger partial charge in [-0.15, -0.1) is 0 Å². The van der Waals surface area contributed by atoms with Crippen LogP contribution in [-0.4, -0.2) is 30.6 Å². The number of nitrogens with zero attached hydrogens (tertiary/aromatic N) is 1. The second-order valence-corrected chi connectivity index (χ2v) is 5.94. The average Bonchev–Trinajstić information content (AvgIpc) is 2.43. The van der Waals surface area contributed by atoms with E-state index in [9.17, 15) is 0 Å². The summed E-state index contributed by atoms with van der Waals surface area (Å²) in [5, 5.41) is 0. The molecule has 0 amide bonds. The summed E-state index contributed by atoms with van der Waals surface area (Å²) in [4.78, 5) is 2.71. The van der Waals surface area contributed by atoms with Crippen molar-refractivity contribution in [1.29, 1.82) is 0 Å². The Morgan fingerprint density at radius 3 is 2.00 bits per heavy atom. The average molecular weight is 254 g/mol. The molecule has 0 heterocycles. The van der Waals surface area contributed by atoms with E-state index in [4.69, 9.17) is 5.73 Å². The van der Waals surface area contributed by atoms with E-state index in [0.717, 1.165) is 12.5 Å². The lowest BCUT2D eigenvalue weighted by molar-refractivity contribution is 0.118. The van der Waals surface area contributed by atoms with E-state index >= 15 is 0 Å². The minimum Gasteiger partial charge on any atom is -0.329 e. The molecule has 0 bridgehead atoms. The molecule has 0 spiro atoms. The maximum absolute atomic E-state index is 6.11. The van der Waals surface area contributed by atoms with Gasteiger partial charge in [-0.05, 0) is 44.7 Å². The van der Waals surface area contributed by atoms with Crippen molar-refractivity contribution in [1.82, 2.24) is 4.90 Å². The number of hydrogen-bond acceptors (Lipinski definition) is 2. The zero-order valence-electron chi connectivity index (χ0n) is 12.7. The molecule has 1 unspecified atom stereocenters. The fourth-order valence-electron chi connectivity index (χ4n) is 3.32. The maximum atomic E-state index is 6.11. The van der Waals surface area contributed by atoms with E-state index in [0.29, 0.717) is 6.04 Å². The van der Waals surface area contributed by atoms with Gasteiger partial charge in [0.1, 0.15) is 0 Å². The summed E-state index contributed by atoms with van der Waals surface area (Å²) in [7, 11) is 0. The zero-order chi connectivity index (χ0) is 13.2. The van der Waals surface area contributed by atoms with E-state index in [1.54, 1.807) is 0 Å². The first-order valence-corrected chi connectivity index (χ1v) is 8.27. The fourth-order valence-corrected chi connectivity index (χ4v) is 3.32. The highest BCUT2D eigenvalue weighted by Gasteiger charge is 2.26. The van der Waals surface area contributed by atoms with Gasteiger partial charge in [0, 0.05) is 12.6 Å². The Kier molecular flexibility index (Phi) is 8.70. The third-order valence-corrected chi connectivity index (χ3v) is 4.50. The number of hydrogen-bond donors (Lipinski definition) is 1. The van der Waals surface area contributed by atoms with Gasteiger partial charge in [0.15, 0.2) is 0 Å². The topological polar surface area (TPSA) is 29.3 Å². The Hall–Kier alpha value is -0.0800. The Balaban J connectivity index is 2.52. The van der Waals surface area contributed by atoms with Gasteiger partial charge in [0.05, 0.1) is 0 Å². The predicted octanol–water partition coefficient (Wildman–Crippen LogP) is 3.80. The molecule has 18 heavy (non-hydrogen) atoms. The summed E-state index contributed by atoms with van der Waals surface area (Å²) in [6, 6.07) is 0.656. The summed E-state index contributed by atoms with van der Waals surface area (Å²) < 4.78 is 0. The van der Waals surface area contributed by atoms with E-state index in [1.165, 1.54) is 70.9 Å². The summed E-state index contributed by atoms with van der Waals surface area (Å²) in [6.07, 6.45) is 12.4. The molecule has 0 radical (unpaired) electrons. The Morgan fingerprint density at radius 2 is 1.56 bits per heavy atom. The number of unbranched alkanes of at least 4 members (excludes halogenated alkanes) is 2. The lowest BCUT2D eigenvalue weighted by atomic mass is 9.83. The second-order valence-electron chi connectivity index (χ2n) is 5.94. The molecule has 0 aromatic carbocycles. The van der Waals surface area contributed by atoms with Crippen molar-refractivity contribution in [3.05, 3.63) is 0 Å². The minimum atomic E-state index is 0.656. The van der Waals surface area contributed by atoms with Crippen molar-refractivity contribution in [3.8, 4) is 0 Å². The molecule has 1 fully saturated rings. The minimum absolute atomic E-state index is 0.656. The van der Waals surface area contributed by atoms with Gasteiger partial charge in [-0.3, -0.25) is 4.90 Å². The van der Waals surface area contributed by atoms with Gasteiger partial charge < -0.3 is 5.73 Å². The first-order valence-electron chi connectivity index (χ1n) is 8.27. The Morgan fingerprint density at radius 1 is 1.00 bits per heavy atom.